The summed E-state index contributed by atoms with van der Waals surface area (Å²) in [6.07, 6.45) is 0. The minimum Gasteiger partial charge on any atom is -0.310 e. The molecule has 35 heavy (non-hydrogen) atoms. The molecular weight excluding hydrogens is 422 g/mol. The van der Waals surface area contributed by atoms with Crippen LogP contribution in [-0.2, 0) is 0 Å². The van der Waals surface area contributed by atoms with Crippen molar-refractivity contribution in [2.45, 2.75) is 27.7 Å². The fourth-order valence-corrected chi connectivity index (χ4v) is 4.64. The molecule has 1 heteroatoms. The molecule has 0 atom stereocenters. The van der Waals surface area contributed by atoms with Gasteiger partial charge in [0.15, 0.2) is 0 Å². The molecule has 0 aliphatic rings. The van der Waals surface area contributed by atoms with Crippen LogP contribution in [0.15, 0.2) is 115 Å². The highest BCUT2D eigenvalue weighted by Gasteiger charge is 2.15. The van der Waals surface area contributed by atoms with Gasteiger partial charge in [-0.15, -0.1) is 0 Å². The zero-order valence-electron chi connectivity index (χ0n) is 20.9. The highest BCUT2D eigenvalue weighted by Crippen LogP contribution is 2.39. The van der Waals surface area contributed by atoms with E-state index in [-0.39, 0.29) is 0 Å². The lowest BCUT2D eigenvalue weighted by Gasteiger charge is -2.27. The van der Waals surface area contributed by atoms with Gasteiger partial charge >= 0.3 is 0 Å². The van der Waals surface area contributed by atoms with E-state index in [2.05, 4.69) is 148 Å². The molecule has 5 aromatic rings. The van der Waals surface area contributed by atoms with Gasteiger partial charge in [0.2, 0.25) is 0 Å². The van der Waals surface area contributed by atoms with E-state index in [4.69, 9.17) is 0 Å². The molecule has 0 bridgehead atoms. The molecule has 0 aliphatic carbocycles. The summed E-state index contributed by atoms with van der Waals surface area (Å²) in [6.45, 7) is 8.68. The standard InChI is InChI=1S/C34H31N/c1-24-11-15-28(16-12-24)29-17-20-31(21-18-29)35(30-8-6-5-7-9-30)32-19-14-27(4)34(23-32)33-22-25(2)10-13-26(33)3/h5-23H,1-4H3. The quantitative estimate of drug-likeness (QED) is 0.256. The average Bonchev–Trinajstić information content (AvgIpc) is 2.88. The Bertz CT molecular complexity index is 1450. The van der Waals surface area contributed by atoms with Crippen molar-refractivity contribution >= 4 is 17.1 Å². The predicted octanol–water partition coefficient (Wildman–Crippen LogP) is 9.72. The van der Waals surface area contributed by atoms with E-state index in [0.717, 1.165) is 17.1 Å². The molecule has 0 saturated heterocycles. The molecule has 0 unspecified atom stereocenters. The summed E-state index contributed by atoms with van der Waals surface area (Å²) in [4.78, 5) is 2.34. The van der Waals surface area contributed by atoms with Crippen molar-refractivity contribution in [3.8, 4) is 22.3 Å². The van der Waals surface area contributed by atoms with E-state index in [0.29, 0.717) is 0 Å². The van der Waals surface area contributed by atoms with E-state index < -0.39 is 0 Å². The maximum Gasteiger partial charge on any atom is 0.0467 e. The van der Waals surface area contributed by atoms with Crippen LogP contribution in [0.5, 0.6) is 0 Å². The molecule has 172 valence electrons. The van der Waals surface area contributed by atoms with Gasteiger partial charge in [-0.05, 0) is 97.5 Å². The first-order valence-electron chi connectivity index (χ1n) is 12.2. The maximum absolute atomic E-state index is 2.34. The Labute approximate surface area is 209 Å². The van der Waals surface area contributed by atoms with Crippen molar-refractivity contribution in [3.05, 3.63) is 138 Å². The number of rotatable bonds is 5. The van der Waals surface area contributed by atoms with Crippen LogP contribution in [0, 0.1) is 27.7 Å². The lowest BCUT2D eigenvalue weighted by Crippen LogP contribution is -2.10. The number of benzene rings is 5. The first kappa shape index (κ1) is 22.7. The molecule has 5 rings (SSSR count). The molecule has 0 aromatic heterocycles. The zero-order chi connectivity index (χ0) is 24.4. The summed E-state index contributed by atoms with van der Waals surface area (Å²) in [7, 11) is 0. The van der Waals surface area contributed by atoms with E-state index >= 15 is 0 Å². The molecule has 0 aliphatic heterocycles. The lowest BCUT2D eigenvalue weighted by atomic mass is 9.94. The van der Waals surface area contributed by atoms with Crippen molar-refractivity contribution in [3.63, 3.8) is 0 Å². The normalized spacial score (nSPS) is 10.9. The summed E-state index contributed by atoms with van der Waals surface area (Å²) >= 11 is 0. The van der Waals surface area contributed by atoms with E-state index in [9.17, 15) is 0 Å². The van der Waals surface area contributed by atoms with Gasteiger partial charge in [-0.1, -0.05) is 90.0 Å². The van der Waals surface area contributed by atoms with Gasteiger partial charge in [-0.2, -0.15) is 0 Å². The number of anilines is 3. The van der Waals surface area contributed by atoms with Gasteiger partial charge in [0.1, 0.15) is 0 Å². The highest BCUT2D eigenvalue weighted by atomic mass is 15.1. The first-order chi connectivity index (χ1) is 17.0. The second-order valence-corrected chi connectivity index (χ2v) is 9.40. The van der Waals surface area contributed by atoms with Crippen LogP contribution in [0.4, 0.5) is 17.1 Å². The molecular formula is C34H31N. The summed E-state index contributed by atoms with van der Waals surface area (Å²) in [5, 5.41) is 0. The summed E-state index contributed by atoms with van der Waals surface area (Å²) in [5.74, 6) is 0. The Morgan fingerprint density at radius 1 is 0.400 bits per heavy atom. The van der Waals surface area contributed by atoms with Crippen LogP contribution in [0.1, 0.15) is 22.3 Å². The van der Waals surface area contributed by atoms with Crippen molar-refractivity contribution in [2.24, 2.45) is 0 Å². The van der Waals surface area contributed by atoms with E-state index in [1.165, 1.54) is 44.5 Å². The number of para-hydroxylation sites is 1. The fourth-order valence-electron chi connectivity index (χ4n) is 4.64. The predicted molar refractivity (Wildman–Crippen MR) is 151 cm³/mol. The van der Waals surface area contributed by atoms with Crippen molar-refractivity contribution < 1.29 is 0 Å². The van der Waals surface area contributed by atoms with Crippen molar-refractivity contribution in [2.75, 3.05) is 4.90 Å². The number of hydrogen-bond donors (Lipinski definition) is 0. The molecule has 0 N–H and O–H groups in total. The van der Waals surface area contributed by atoms with Crippen molar-refractivity contribution in [1.82, 2.24) is 0 Å². The lowest BCUT2D eigenvalue weighted by molar-refractivity contribution is 1.27. The van der Waals surface area contributed by atoms with Crippen LogP contribution in [-0.4, -0.2) is 0 Å². The fraction of sp³-hybridized carbons (Fsp3) is 0.118. The molecule has 0 heterocycles. The Morgan fingerprint density at radius 3 is 1.54 bits per heavy atom. The first-order valence-corrected chi connectivity index (χ1v) is 12.2. The van der Waals surface area contributed by atoms with E-state index in [1.54, 1.807) is 0 Å². The molecule has 5 aromatic carbocycles. The second-order valence-electron chi connectivity index (χ2n) is 9.40. The SMILES string of the molecule is Cc1ccc(-c2ccc(N(c3ccccc3)c3ccc(C)c(-c4cc(C)ccc4C)c3)cc2)cc1. The number of aryl methyl sites for hydroxylation is 4. The highest BCUT2D eigenvalue weighted by molar-refractivity contribution is 5.82. The molecule has 0 fully saturated rings. The smallest absolute Gasteiger partial charge is 0.0467 e. The van der Waals surface area contributed by atoms with Crippen LogP contribution in [0.2, 0.25) is 0 Å². The second kappa shape index (κ2) is 9.64. The van der Waals surface area contributed by atoms with Gasteiger partial charge in [-0.3, -0.25) is 0 Å². The summed E-state index contributed by atoms with van der Waals surface area (Å²) < 4.78 is 0. The van der Waals surface area contributed by atoms with Gasteiger partial charge in [0.05, 0.1) is 0 Å². The third kappa shape index (κ3) is 4.76. The van der Waals surface area contributed by atoms with Crippen molar-refractivity contribution in [1.29, 1.82) is 0 Å². The van der Waals surface area contributed by atoms with Gasteiger partial charge in [-0.25, -0.2) is 0 Å². The topological polar surface area (TPSA) is 3.24 Å². The minimum absolute atomic E-state index is 1.14. The molecule has 0 radical (unpaired) electrons. The molecule has 0 saturated carbocycles. The third-order valence-corrected chi connectivity index (χ3v) is 6.69. The van der Waals surface area contributed by atoms with Gasteiger partial charge in [0, 0.05) is 17.1 Å². The summed E-state index contributed by atoms with van der Waals surface area (Å²) in [5.41, 5.74) is 13.6. The Balaban J connectivity index is 1.61. The Kier molecular flexibility index (Phi) is 6.25. The zero-order valence-corrected chi connectivity index (χ0v) is 20.9. The average molecular weight is 454 g/mol. The van der Waals surface area contributed by atoms with Crippen LogP contribution in [0.25, 0.3) is 22.3 Å². The number of nitrogens with zero attached hydrogens (tertiary/aromatic N) is 1. The van der Waals surface area contributed by atoms with E-state index in [1.807, 2.05) is 0 Å². The van der Waals surface area contributed by atoms with Gasteiger partial charge < -0.3 is 4.90 Å². The van der Waals surface area contributed by atoms with Gasteiger partial charge in [0.25, 0.3) is 0 Å². The molecule has 0 amide bonds. The molecule has 0 spiro atoms. The van der Waals surface area contributed by atoms with Crippen LogP contribution in [0.3, 0.4) is 0 Å². The Hall–Kier alpha value is -4.10. The summed E-state index contributed by atoms with van der Waals surface area (Å²) in [6, 6.07) is 41.7. The number of hydrogen-bond acceptors (Lipinski definition) is 1. The molecule has 1 nitrogen and oxygen atoms in total. The van der Waals surface area contributed by atoms with Crippen LogP contribution >= 0.6 is 0 Å². The third-order valence-electron chi connectivity index (χ3n) is 6.69. The largest absolute Gasteiger partial charge is 0.310 e. The monoisotopic (exact) mass is 453 g/mol. The maximum atomic E-state index is 2.34. The Morgan fingerprint density at radius 2 is 0.886 bits per heavy atom. The van der Waals surface area contributed by atoms with Crippen LogP contribution < -0.4 is 4.90 Å². The minimum atomic E-state index is 1.14.